The number of rotatable bonds is 6. The van der Waals surface area contributed by atoms with Gasteiger partial charge in [-0.2, -0.15) is 0 Å². The van der Waals surface area contributed by atoms with E-state index in [2.05, 4.69) is 240 Å². The molecule has 0 N–H and O–H groups in total. The summed E-state index contributed by atoms with van der Waals surface area (Å²) in [6.07, 6.45) is 0. The van der Waals surface area contributed by atoms with Crippen molar-refractivity contribution in [2.24, 2.45) is 0 Å². The first kappa shape index (κ1) is 37.1. The van der Waals surface area contributed by atoms with Crippen LogP contribution in [0.2, 0.25) is 0 Å². The lowest BCUT2D eigenvalue weighted by molar-refractivity contribution is 1.15. The number of benzene rings is 10. The standard InChI is InChI=1S/C60H38N2S2/c1-5-17-39(18-6-1)43-33-44(40-19-7-2-8-20-40)36-47(35-43)61-51-27-15-13-25-49(51)57-53(61)29-31-55-59(57)63-56-32-30-54-58(60(56)64-55)50-26-14-16-28-52(50)62(54)48-37-45(41-21-9-3-10-22-41)34-46(38-48)42-23-11-4-12-24-42/h1-38H. The lowest BCUT2D eigenvalue weighted by Gasteiger charge is -2.21. The average molecular weight is 851 g/mol. The maximum atomic E-state index is 2.48. The van der Waals surface area contributed by atoms with E-state index in [-0.39, 0.29) is 0 Å². The molecule has 0 fully saturated rings. The third kappa shape index (κ3) is 6.06. The summed E-state index contributed by atoms with van der Waals surface area (Å²) in [5.41, 5.74) is 16.8. The van der Waals surface area contributed by atoms with Gasteiger partial charge in [0.25, 0.3) is 0 Å². The second-order valence-electron chi connectivity index (χ2n) is 16.5. The van der Waals surface area contributed by atoms with Crippen LogP contribution in [0, 0.1) is 0 Å². The summed E-state index contributed by atoms with van der Waals surface area (Å²) < 4.78 is 4.96. The highest BCUT2D eigenvalue weighted by Gasteiger charge is 2.27. The maximum Gasteiger partial charge on any atom is 0.0553 e. The molecular weight excluding hydrogens is 813 g/mol. The molecule has 0 atom stereocenters. The molecule has 0 bridgehead atoms. The minimum Gasteiger partial charge on any atom is -0.309 e. The molecule has 0 radical (unpaired) electrons. The number of hydrogen-bond acceptors (Lipinski definition) is 2. The van der Waals surface area contributed by atoms with Gasteiger partial charge in [-0.15, -0.1) is 0 Å². The second kappa shape index (κ2) is 15.1. The number of nitrogens with zero attached hydrogens (tertiary/aromatic N) is 2. The molecule has 0 saturated carbocycles. The Bertz CT molecular complexity index is 3390. The van der Waals surface area contributed by atoms with Gasteiger partial charge in [-0.05, 0) is 117 Å². The van der Waals surface area contributed by atoms with Crippen molar-refractivity contribution in [3.05, 3.63) is 231 Å². The molecule has 0 saturated heterocycles. The van der Waals surface area contributed by atoms with Crippen LogP contribution in [0.5, 0.6) is 0 Å². The van der Waals surface area contributed by atoms with E-state index in [1.165, 1.54) is 108 Å². The van der Waals surface area contributed by atoms with E-state index in [0.29, 0.717) is 0 Å². The van der Waals surface area contributed by atoms with Crippen molar-refractivity contribution in [3.8, 4) is 55.9 Å². The molecular formula is C60H38N2S2. The van der Waals surface area contributed by atoms with Crippen LogP contribution in [0.1, 0.15) is 0 Å². The van der Waals surface area contributed by atoms with E-state index in [1.54, 1.807) is 0 Å². The van der Waals surface area contributed by atoms with Crippen molar-refractivity contribution < 1.29 is 0 Å². The molecule has 1 aliphatic heterocycles. The zero-order chi connectivity index (χ0) is 42.1. The van der Waals surface area contributed by atoms with Gasteiger partial charge in [0.05, 0.1) is 22.1 Å². The number of fused-ring (bicyclic) bond motifs is 10. The van der Waals surface area contributed by atoms with E-state index >= 15 is 0 Å². The minimum absolute atomic E-state index is 1.15. The molecule has 2 nitrogen and oxygen atoms in total. The lowest BCUT2D eigenvalue weighted by Crippen LogP contribution is -1.97. The van der Waals surface area contributed by atoms with Gasteiger partial charge in [0.1, 0.15) is 0 Å². The molecule has 13 rings (SSSR count). The van der Waals surface area contributed by atoms with Crippen LogP contribution in [-0.4, -0.2) is 9.13 Å². The fourth-order valence-electron chi connectivity index (χ4n) is 9.83. The molecule has 0 unspecified atom stereocenters. The van der Waals surface area contributed by atoms with Crippen molar-refractivity contribution in [2.45, 2.75) is 19.6 Å². The molecule has 0 amide bonds. The quantitative estimate of drug-likeness (QED) is 0.165. The smallest absolute Gasteiger partial charge is 0.0553 e. The van der Waals surface area contributed by atoms with Gasteiger partial charge >= 0.3 is 0 Å². The molecule has 10 aromatic carbocycles. The fraction of sp³-hybridized carbons (Fsp3) is 0. The summed E-state index contributed by atoms with van der Waals surface area (Å²) in [5.74, 6) is 0. The van der Waals surface area contributed by atoms with E-state index in [4.69, 9.17) is 0 Å². The minimum atomic E-state index is 1.15. The van der Waals surface area contributed by atoms with Crippen molar-refractivity contribution in [2.75, 3.05) is 0 Å². The average Bonchev–Trinajstić information content (AvgIpc) is 3.90. The third-order valence-electron chi connectivity index (χ3n) is 12.7. The zero-order valence-corrected chi connectivity index (χ0v) is 36.3. The van der Waals surface area contributed by atoms with Crippen molar-refractivity contribution in [1.82, 2.24) is 9.13 Å². The van der Waals surface area contributed by atoms with Crippen LogP contribution in [0.15, 0.2) is 250 Å². The molecule has 3 heterocycles. The third-order valence-corrected chi connectivity index (χ3v) is 15.3. The summed E-state index contributed by atoms with van der Waals surface area (Å²) >= 11 is 3.84. The summed E-state index contributed by atoms with van der Waals surface area (Å²) in [4.78, 5) is 5.22. The second-order valence-corrected chi connectivity index (χ2v) is 18.6. The molecule has 300 valence electrons. The zero-order valence-electron chi connectivity index (χ0n) is 34.7. The van der Waals surface area contributed by atoms with Crippen molar-refractivity contribution >= 4 is 67.1 Å². The molecule has 0 spiro atoms. The van der Waals surface area contributed by atoms with Gasteiger partial charge in [0, 0.05) is 52.5 Å². The normalized spacial score (nSPS) is 12.2. The van der Waals surface area contributed by atoms with Gasteiger partial charge in [0.15, 0.2) is 0 Å². The van der Waals surface area contributed by atoms with Crippen LogP contribution < -0.4 is 0 Å². The Hall–Kier alpha value is -7.50. The maximum absolute atomic E-state index is 2.48. The fourth-order valence-corrected chi connectivity index (χ4v) is 12.4. The van der Waals surface area contributed by atoms with Crippen molar-refractivity contribution in [3.63, 3.8) is 0 Å². The Morgan fingerprint density at radius 2 is 0.562 bits per heavy atom. The number of aromatic nitrogens is 2. The van der Waals surface area contributed by atoms with Crippen LogP contribution >= 0.6 is 23.5 Å². The van der Waals surface area contributed by atoms with Crippen LogP contribution in [0.3, 0.4) is 0 Å². The molecule has 12 aromatic rings. The van der Waals surface area contributed by atoms with E-state index < -0.39 is 0 Å². The highest BCUT2D eigenvalue weighted by atomic mass is 32.2. The van der Waals surface area contributed by atoms with E-state index in [9.17, 15) is 0 Å². The summed E-state index contributed by atoms with van der Waals surface area (Å²) in [5, 5.41) is 5.14. The van der Waals surface area contributed by atoms with E-state index in [1.807, 2.05) is 23.5 Å². The summed E-state index contributed by atoms with van der Waals surface area (Å²) in [6.45, 7) is 0. The van der Waals surface area contributed by atoms with Gasteiger partial charge < -0.3 is 9.13 Å². The van der Waals surface area contributed by atoms with Gasteiger partial charge in [0.2, 0.25) is 0 Å². The number of hydrogen-bond donors (Lipinski definition) is 0. The first-order valence-electron chi connectivity index (χ1n) is 21.7. The topological polar surface area (TPSA) is 9.86 Å². The Labute approximate surface area is 380 Å². The lowest BCUT2D eigenvalue weighted by atomic mass is 9.98. The van der Waals surface area contributed by atoms with Crippen molar-refractivity contribution in [1.29, 1.82) is 0 Å². The molecule has 0 aliphatic carbocycles. The highest BCUT2D eigenvalue weighted by Crippen LogP contribution is 2.56. The Morgan fingerprint density at radius 3 is 0.906 bits per heavy atom. The van der Waals surface area contributed by atoms with Crippen LogP contribution in [0.4, 0.5) is 0 Å². The molecule has 1 aliphatic rings. The van der Waals surface area contributed by atoms with Crippen LogP contribution in [-0.2, 0) is 0 Å². The van der Waals surface area contributed by atoms with E-state index in [0.717, 1.165) is 11.4 Å². The Balaban J connectivity index is 0.992. The largest absolute Gasteiger partial charge is 0.309 e. The Kier molecular flexibility index (Phi) is 8.75. The van der Waals surface area contributed by atoms with Gasteiger partial charge in [-0.25, -0.2) is 0 Å². The van der Waals surface area contributed by atoms with Gasteiger partial charge in [-0.1, -0.05) is 181 Å². The highest BCUT2D eigenvalue weighted by molar-refractivity contribution is 8.05. The van der Waals surface area contributed by atoms with Gasteiger partial charge in [-0.3, -0.25) is 0 Å². The SMILES string of the molecule is c1ccc(-c2cc(-c3ccccc3)cc(-n3c4ccccc4c4c5c(ccc43)Sc3c(ccc4c3c3ccccc3n4-c3cc(-c4ccccc4)cc(-c4ccccc4)c3)S5)c2)cc1. The molecule has 64 heavy (non-hydrogen) atoms. The number of para-hydroxylation sites is 2. The molecule has 2 aromatic heterocycles. The predicted octanol–water partition coefficient (Wildman–Crippen LogP) is 17.2. The first-order chi connectivity index (χ1) is 31.7. The Morgan fingerprint density at radius 1 is 0.250 bits per heavy atom. The molecule has 4 heteroatoms. The predicted molar refractivity (Wildman–Crippen MR) is 272 cm³/mol. The first-order valence-corrected chi connectivity index (χ1v) is 23.4. The van der Waals surface area contributed by atoms with Crippen LogP contribution in [0.25, 0.3) is 99.5 Å². The summed E-state index contributed by atoms with van der Waals surface area (Å²) in [6, 6.07) is 84.4. The monoisotopic (exact) mass is 850 g/mol. The summed E-state index contributed by atoms with van der Waals surface area (Å²) in [7, 11) is 0.